The minimum atomic E-state index is 0.136. The highest BCUT2D eigenvalue weighted by atomic mass is 16.2. The molecular weight excluding hydrogens is 314 g/mol. The smallest absolute Gasteiger partial charge is 0.255 e. The van der Waals surface area contributed by atoms with Crippen molar-refractivity contribution in [3.05, 3.63) is 41.9 Å². The lowest BCUT2D eigenvalue weighted by Gasteiger charge is -2.21. The van der Waals surface area contributed by atoms with E-state index in [2.05, 4.69) is 21.4 Å². The zero-order valence-electron chi connectivity index (χ0n) is 15.2. The first kappa shape index (κ1) is 17.3. The molecule has 2 aromatic heterocycles. The topological polar surface area (TPSA) is 64.3 Å². The fourth-order valence-corrected chi connectivity index (χ4v) is 3.27. The molecular formula is C19H27N5O. The Morgan fingerprint density at radius 1 is 1.28 bits per heavy atom. The van der Waals surface area contributed by atoms with Crippen molar-refractivity contribution in [2.45, 2.75) is 32.2 Å². The number of amides is 1. The van der Waals surface area contributed by atoms with E-state index in [-0.39, 0.29) is 5.91 Å². The highest BCUT2D eigenvalue weighted by molar-refractivity contribution is 5.95. The fraction of sp³-hybridized carbons (Fsp3) is 0.474. The molecule has 3 rings (SSSR count). The molecule has 1 fully saturated rings. The van der Waals surface area contributed by atoms with E-state index in [1.54, 1.807) is 0 Å². The zero-order chi connectivity index (χ0) is 17.8. The van der Waals surface area contributed by atoms with Gasteiger partial charge in [-0.15, -0.1) is 0 Å². The average molecular weight is 341 g/mol. The van der Waals surface area contributed by atoms with Crippen molar-refractivity contribution in [3.8, 4) is 0 Å². The Kier molecular flexibility index (Phi) is 5.26. The number of likely N-dealkylation sites (tertiary alicyclic amines) is 1. The van der Waals surface area contributed by atoms with Crippen LogP contribution >= 0.6 is 0 Å². The molecule has 0 aliphatic carbocycles. The highest BCUT2D eigenvalue weighted by Gasteiger charge is 2.22. The van der Waals surface area contributed by atoms with E-state index < -0.39 is 0 Å². The van der Waals surface area contributed by atoms with Crippen molar-refractivity contribution in [3.63, 3.8) is 0 Å². The van der Waals surface area contributed by atoms with Crippen molar-refractivity contribution in [1.29, 1.82) is 0 Å². The van der Waals surface area contributed by atoms with E-state index in [0.717, 1.165) is 55.1 Å². The predicted octanol–water partition coefficient (Wildman–Crippen LogP) is 2.89. The van der Waals surface area contributed by atoms with Gasteiger partial charge in [-0.1, -0.05) is 0 Å². The Hall–Kier alpha value is -2.50. The second-order valence-corrected chi connectivity index (χ2v) is 6.88. The summed E-state index contributed by atoms with van der Waals surface area (Å²) in [5.74, 6) is 1.08. The van der Waals surface area contributed by atoms with Gasteiger partial charge in [-0.2, -0.15) is 0 Å². The van der Waals surface area contributed by atoms with E-state index in [1.165, 1.54) is 0 Å². The van der Waals surface area contributed by atoms with Gasteiger partial charge in [0.25, 0.3) is 5.91 Å². The molecule has 6 heteroatoms. The summed E-state index contributed by atoms with van der Waals surface area (Å²) < 4.78 is 0. The number of pyridine rings is 1. The number of nitrogens with zero attached hydrogens (tertiary/aromatic N) is 3. The molecule has 6 nitrogen and oxygen atoms in total. The summed E-state index contributed by atoms with van der Waals surface area (Å²) in [4.78, 5) is 24.2. The predicted molar refractivity (Wildman–Crippen MR) is 101 cm³/mol. The van der Waals surface area contributed by atoms with Crippen molar-refractivity contribution in [1.82, 2.24) is 14.9 Å². The number of hydrogen-bond donors (Lipinski definition) is 2. The van der Waals surface area contributed by atoms with Crippen molar-refractivity contribution in [2.75, 3.05) is 37.4 Å². The van der Waals surface area contributed by atoms with E-state index in [9.17, 15) is 4.79 Å². The second-order valence-electron chi connectivity index (χ2n) is 6.88. The monoisotopic (exact) mass is 341 g/mol. The maximum atomic E-state index is 12.7. The summed E-state index contributed by atoms with van der Waals surface area (Å²) in [6.07, 6.45) is 6.73. The van der Waals surface area contributed by atoms with Gasteiger partial charge in [0.15, 0.2) is 0 Å². The molecule has 3 heterocycles. The van der Waals surface area contributed by atoms with Gasteiger partial charge < -0.3 is 20.1 Å². The minimum Gasteiger partial charge on any atom is -0.381 e. The number of H-pyrrole nitrogens is 1. The maximum absolute atomic E-state index is 12.7. The molecule has 0 saturated carbocycles. The van der Waals surface area contributed by atoms with Gasteiger partial charge >= 0.3 is 0 Å². The molecule has 0 unspecified atom stereocenters. The van der Waals surface area contributed by atoms with Crippen LogP contribution in [0.3, 0.4) is 0 Å². The van der Waals surface area contributed by atoms with E-state index in [4.69, 9.17) is 0 Å². The van der Waals surface area contributed by atoms with Gasteiger partial charge in [0.05, 0.1) is 17.4 Å². The number of rotatable bonds is 4. The van der Waals surface area contributed by atoms with Crippen LogP contribution in [0.1, 0.15) is 35.3 Å². The Labute approximate surface area is 149 Å². The maximum Gasteiger partial charge on any atom is 0.255 e. The van der Waals surface area contributed by atoms with Crippen LogP contribution in [0, 0.1) is 6.92 Å². The molecule has 134 valence electrons. The van der Waals surface area contributed by atoms with Crippen LogP contribution in [-0.4, -0.2) is 54.0 Å². The van der Waals surface area contributed by atoms with Crippen LogP contribution in [0.15, 0.2) is 30.6 Å². The second kappa shape index (κ2) is 7.59. The lowest BCUT2D eigenvalue weighted by Crippen LogP contribution is -2.32. The molecule has 25 heavy (non-hydrogen) atoms. The summed E-state index contributed by atoms with van der Waals surface area (Å²) >= 11 is 0. The number of anilines is 2. The normalized spacial score (nSPS) is 17.9. The first-order valence-electron chi connectivity index (χ1n) is 8.88. The van der Waals surface area contributed by atoms with Gasteiger partial charge in [-0.05, 0) is 44.4 Å². The Balaban J connectivity index is 1.58. The third kappa shape index (κ3) is 4.13. The molecule has 2 N–H and O–H groups in total. The van der Waals surface area contributed by atoms with Gasteiger partial charge in [0, 0.05) is 45.1 Å². The van der Waals surface area contributed by atoms with Crippen LogP contribution in [0.4, 0.5) is 11.5 Å². The molecule has 1 atom stereocenters. The molecule has 0 spiro atoms. The van der Waals surface area contributed by atoms with Crippen molar-refractivity contribution >= 4 is 17.4 Å². The Bertz CT molecular complexity index is 707. The quantitative estimate of drug-likeness (QED) is 0.897. The lowest BCUT2D eigenvalue weighted by atomic mass is 10.1. The number of carbonyl (C=O) groups is 1. The van der Waals surface area contributed by atoms with Crippen LogP contribution in [0.2, 0.25) is 0 Å². The summed E-state index contributed by atoms with van der Waals surface area (Å²) in [5.41, 5.74) is 2.77. The van der Waals surface area contributed by atoms with Crippen molar-refractivity contribution in [2.24, 2.45) is 0 Å². The number of nitrogens with one attached hydrogen (secondary N) is 2. The van der Waals surface area contributed by atoms with Gasteiger partial charge in [0.2, 0.25) is 0 Å². The molecule has 1 aliphatic heterocycles. The van der Waals surface area contributed by atoms with Gasteiger partial charge in [-0.25, -0.2) is 4.98 Å². The summed E-state index contributed by atoms with van der Waals surface area (Å²) in [5, 5.41) is 3.57. The largest absolute Gasteiger partial charge is 0.381 e. The lowest BCUT2D eigenvalue weighted by molar-refractivity contribution is 0.0761. The van der Waals surface area contributed by atoms with E-state index >= 15 is 0 Å². The number of aromatic amines is 1. The van der Waals surface area contributed by atoms with Crippen LogP contribution in [0.5, 0.6) is 0 Å². The minimum absolute atomic E-state index is 0.136. The van der Waals surface area contributed by atoms with Gasteiger partial charge in [-0.3, -0.25) is 4.79 Å². The number of carbonyl (C=O) groups excluding carboxylic acids is 1. The number of hydrogen-bond acceptors (Lipinski definition) is 4. The van der Waals surface area contributed by atoms with Gasteiger partial charge in [0.1, 0.15) is 5.82 Å². The fourth-order valence-electron chi connectivity index (χ4n) is 3.27. The third-order valence-electron chi connectivity index (χ3n) is 4.78. The summed E-state index contributed by atoms with van der Waals surface area (Å²) in [6, 6.07) is 6.33. The highest BCUT2D eigenvalue weighted by Crippen LogP contribution is 2.20. The van der Waals surface area contributed by atoms with Crippen LogP contribution in [0.25, 0.3) is 0 Å². The standard InChI is InChI=1S/C19H27N5O/c1-14-17(8-10-20-14)19(25)24-11-4-5-15(9-12-24)22-16-6-7-18(21-13-16)23(2)3/h6-8,10,13,15,20,22H,4-5,9,11-12H2,1-3H3/t15-/m1/s1. The van der Waals surface area contributed by atoms with Crippen molar-refractivity contribution < 1.29 is 4.79 Å². The van der Waals surface area contributed by atoms with E-state index in [0.29, 0.717) is 6.04 Å². The molecule has 0 radical (unpaired) electrons. The molecule has 0 bridgehead atoms. The number of aryl methyl sites for hydroxylation is 1. The summed E-state index contributed by atoms with van der Waals surface area (Å²) in [7, 11) is 3.97. The first-order valence-corrected chi connectivity index (χ1v) is 8.88. The zero-order valence-corrected chi connectivity index (χ0v) is 15.2. The first-order chi connectivity index (χ1) is 12.0. The molecule has 1 aliphatic rings. The molecule has 0 aromatic carbocycles. The number of aromatic nitrogens is 2. The third-order valence-corrected chi connectivity index (χ3v) is 4.78. The SMILES string of the molecule is Cc1[nH]ccc1C(=O)N1CCC[C@@H](Nc2ccc(N(C)C)nc2)CC1. The summed E-state index contributed by atoms with van der Waals surface area (Å²) in [6.45, 7) is 3.55. The molecule has 2 aromatic rings. The molecule has 1 saturated heterocycles. The Morgan fingerprint density at radius 2 is 2.12 bits per heavy atom. The van der Waals surface area contributed by atoms with E-state index in [1.807, 2.05) is 55.3 Å². The van der Waals surface area contributed by atoms with Crippen LogP contribution < -0.4 is 10.2 Å². The molecule has 1 amide bonds. The van der Waals surface area contributed by atoms with Crippen LogP contribution in [-0.2, 0) is 0 Å². The average Bonchev–Trinajstić information content (AvgIpc) is 2.89. The Morgan fingerprint density at radius 3 is 2.76 bits per heavy atom.